The van der Waals surface area contributed by atoms with E-state index in [4.69, 9.17) is 24.3 Å². The molecule has 9 nitrogen and oxygen atoms in total. The molecule has 0 radical (unpaired) electrons. The van der Waals surface area contributed by atoms with Crippen molar-refractivity contribution in [1.82, 2.24) is 0 Å². The third-order valence-corrected chi connectivity index (χ3v) is 13.0. The molecule has 10 heteroatoms. The van der Waals surface area contributed by atoms with Gasteiger partial charge in [0.05, 0.1) is 13.2 Å². The Bertz CT molecular complexity index is 1680. The zero-order valence-corrected chi connectivity index (χ0v) is 48.4. The monoisotopic (exact) mass is 1060 g/mol. The summed E-state index contributed by atoms with van der Waals surface area (Å²) in [7, 11) is -4.40. The molecule has 2 atom stereocenters. The van der Waals surface area contributed by atoms with Crippen molar-refractivity contribution >= 4 is 19.8 Å². The average molecular weight is 1060 g/mol. The summed E-state index contributed by atoms with van der Waals surface area (Å²) in [6.45, 7) is 3.50. The van der Waals surface area contributed by atoms with Crippen LogP contribution in [0.3, 0.4) is 0 Å². The second-order valence-electron chi connectivity index (χ2n) is 19.1. The number of carbonyl (C=O) groups excluding carboxylic acids is 2. The fourth-order valence-corrected chi connectivity index (χ4v) is 8.49. The standard InChI is InChI=1S/C65H108NO8P/c1-3-5-7-9-11-13-15-17-19-21-23-25-27-29-31-33-35-37-39-41-43-45-47-49-51-53-55-57-64(67)71-61-63(62-73-75(69,70)72-60-59-66)74-65(68)58-56-54-52-50-48-46-44-42-40-38-36-34-32-30-28-26-24-22-20-18-16-14-12-10-8-6-4-2/h5-8,11-14,17-20,23-26,29-32,36,38,63H,3-4,9-10,15-16,21-22,27-28,33-35,37,39-62,66H2,1-2H3,(H,69,70)/b7-5-,8-6-,13-11-,14-12-,19-17-,20-18-,25-23-,26-24-,31-29-,32-30-,38-36-. The number of nitrogens with two attached hydrogens (primary N) is 1. The summed E-state index contributed by atoms with van der Waals surface area (Å²) < 4.78 is 33.1. The Kier molecular flexibility index (Phi) is 56.3. The van der Waals surface area contributed by atoms with E-state index >= 15 is 0 Å². The van der Waals surface area contributed by atoms with E-state index in [1.54, 1.807) is 0 Å². The van der Waals surface area contributed by atoms with Gasteiger partial charge in [-0.05, 0) is 109 Å². The molecule has 0 aliphatic carbocycles. The lowest BCUT2D eigenvalue weighted by atomic mass is 10.0. The van der Waals surface area contributed by atoms with Gasteiger partial charge in [-0.25, -0.2) is 4.57 Å². The second kappa shape index (κ2) is 59.4. The van der Waals surface area contributed by atoms with Crippen LogP contribution in [0.15, 0.2) is 134 Å². The fourth-order valence-electron chi connectivity index (χ4n) is 7.72. The minimum absolute atomic E-state index is 0.0446. The third-order valence-electron chi connectivity index (χ3n) is 12.0. The van der Waals surface area contributed by atoms with Gasteiger partial charge in [0.25, 0.3) is 0 Å². The van der Waals surface area contributed by atoms with Crippen LogP contribution >= 0.6 is 7.82 Å². The molecular weight excluding hydrogens is 954 g/mol. The molecule has 0 amide bonds. The third kappa shape index (κ3) is 59.3. The SMILES string of the molecule is CC/C=C\C/C=C\C/C=C\C/C=C\C/C=C\C/C=C\CCCCCCCCCCC(=O)OC(COC(=O)CCCCCCCCCCCCC/C=C\C/C=C\C/C=C\C/C=C\C/C=C\CC)COP(=O)(O)OCCN. The van der Waals surface area contributed by atoms with Crippen LogP contribution in [-0.2, 0) is 32.7 Å². The highest BCUT2D eigenvalue weighted by atomic mass is 31.2. The van der Waals surface area contributed by atoms with Crippen molar-refractivity contribution in [2.75, 3.05) is 26.4 Å². The molecule has 0 saturated carbocycles. The number of phosphoric acid groups is 1. The van der Waals surface area contributed by atoms with Gasteiger partial charge in [-0.3, -0.25) is 18.6 Å². The van der Waals surface area contributed by atoms with Gasteiger partial charge in [0.1, 0.15) is 6.61 Å². The molecule has 0 rings (SSSR count). The highest BCUT2D eigenvalue weighted by Gasteiger charge is 2.26. The number of rotatable bonds is 54. The zero-order valence-electron chi connectivity index (χ0n) is 47.5. The molecule has 75 heavy (non-hydrogen) atoms. The van der Waals surface area contributed by atoms with E-state index in [9.17, 15) is 19.0 Å². The second-order valence-corrected chi connectivity index (χ2v) is 20.6. The predicted molar refractivity (Wildman–Crippen MR) is 320 cm³/mol. The number of carbonyl (C=O) groups is 2. The summed E-state index contributed by atoms with van der Waals surface area (Å²) in [6, 6.07) is 0. The van der Waals surface area contributed by atoms with Gasteiger partial charge in [-0.15, -0.1) is 0 Å². The Hall–Kier alpha value is -3.85. The van der Waals surface area contributed by atoms with Gasteiger partial charge in [0.2, 0.25) is 0 Å². The topological polar surface area (TPSA) is 134 Å². The number of hydrogen-bond acceptors (Lipinski definition) is 8. The summed E-state index contributed by atoms with van der Waals surface area (Å²) >= 11 is 0. The Morgan fingerprint density at radius 2 is 0.693 bits per heavy atom. The minimum Gasteiger partial charge on any atom is -0.462 e. The molecule has 0 fully saturated rings. The van der Waals surface area contributed by atoms with E-state index in [0.29, 0.717) is 6.42 Å². The Morgan fingerprint density at radius 1 is 0.400 bits per heavy atom. The Balaban J connectivity index is 4.03. The van der Waals surface area contributed by atoms with Crippen molar-refractivity contribution in [2.45, 2.75) is 238 Å². The summed E-state index contributed by atoms with van der Waals surface area (Å²) in [4.78, 5) is 35.2. The molecule has 0 heterocycles. The number of unbranched alkanes of at least 4 members (excludes halogenated alkanes) is 19. The molecule has 2 unspecified atom stereocenters. The van der Waals surface area contributed by atoms with Crippen LogP contribution in [-0.4, -0.2) is 49.3 Å². The van der Waals surface area contributed by atoms with E-state index in [0.717, 1.165) is 128 Å². The fraction of sp³-hybridized carbons (Fsp3) is 0.631. The smallest absolute Gasteiger partial charge is 0.462 e. The lowest BCUT2D eigenvalue weighted by molar-refractivity contribution is -0.161. The number of hydrogen-bond donors (Lipinski definition) is 2. The molecule has 0 bridgehead atoms. The van der Waals surface area contributed by atoms with E-state index in [2.05, 4.69) is 148 Å². The number of esters is 2. The summed E-state index contributed by atoms with van der Waals surface area (Å²) in [5.41, 5.74) is 5.38. The van der Waals surface area contributed by atoms with Gasteiger partial charge in [0, 0.05) is 19.4 Å². The van der Waals surface area contributed by atoms with Gasteiger partial charge < -0.3 is 20.1 Å². The van der Waals surface area contributed by atoms with Crippen molar-refractivity contribution in [3.05, 3.63) is 134 Å². The van der Waals surface area contributed by atoms with Gasteiger partial charge >= 0.3 is 19.8 Å². The van der Waals surface area contributed by atoms with E-state index < -0.39 is 32.5 Å². The summed E-state index contributed by atoms with van der Waals surface area (Å²) in [5, 5.41) is 0. The highest BCUT2D eigenvalue weighted by molar-refractivity contribution is 7.47. The Labute approximate surface area is 459 Å². The summed E-state index contributed by atoms with van der Waals surface area (Å²) in [6.07, 6.45) is 83.5. The van der Waals surface area contributed by atoms with E-state index in [1.807, 2.05) is 0 Å². The van der Waals surface area contributed by atoms with Gasteiger partial charge in [0.15, 0.2) is 6.10 Å². The normalized spacial score (nSPS) is 14.0. The molecule has 426 valence electrons. The quantitative estimate of drug-likeness (QED) is 0.0264. The van der Waals surface area contributed by atoms with Crippen LogP contribution in [0.5, 0.6) is 0 Å². The maximum atomic E-state index is 12.7. The molecular formula is C65H108NO8P. The van der Waals surface area contributed by atoms with Crippen molar-refractivity contribution < 1.29 is 37.6 Å². The molecule has 0 aromatic carbocycles. The van der Waals surface area contributed by atoms with Crippen molar-refractivity contribution in [2.24, 2.45) is 5.73 Å². The largest absolute Gasteiger partial charge is 0.472 e. The van der Waals surface area contributed by atoms with Crippen LogP contribution in [0.2, 0.25) is 0 Å². The average Bonchev–Trinajstić information content (AvgIpc) is 3.40. The van der Waals surface area contributed by atoms with Gasteiger partial charge in [-0.2, -0.15) is 0 Å². The Morgan fingerprint density at radius 3 is 1.03 bits per heavy atom. The number of allylic oxidation sites excluding steroid dienone is 22. The molecule has 3 N–H and O–H groups in total. The predicted octanol–water partition coefficient (Wildman–Crippen LogP) is 19.0. The molecule has 0 aliphatic heterocycles. The first-order valence-electron chi connectivity index (χ1n) is 29.7. The van der Waals surface area contributed by atoms with Crippen LogP contribution < -0.4 is 5.73 Å². The van der Waals surface area contributed by atoms with Crippen molar-refractivity contribution in [3.8, 4) is 0 Å². The lowest BCUT2D eigenvalue weighted by Crippen LogP contribution is -2.29. The van der Waals surface area contributed by atoms with Crippen LogP contribution in [0, 0.1) is 0 Å². The molecule has 0 spiro atoms. The minimum atomic E-state index is -4.40. The van der Waals surface area contributed by atoms with Crippen molar-refractivity contribution in [3.63, 3.8) is 0 Å². The van der Waals surface area contributed by atoms with Crippen molar-refractivity contribution in [1.29, 1.82) is 0 Å². The first kappa shape index (κ1) is 71.2. The summed E-state index contributed by atoms with van der Waals surface area (Å²) in [5.74, 6) is -0.848. The van der Waals surface area contributed by atoms with Crippen LogP contribution in [0.25, 0.3) is 0 Å². The van der Waals surface area contributed by atoms with Crippen LogP contribution in [0.1, 0.15) is 232 Å². The zero-order chi connectivity index (χ0) is 54.5. The molecule has 0 aromatic rings. The van der Waals surface area contributed by atoms with Gasteiger partial charge in [-0.1, -0.05) is 244 Å². The van der Waals surface area contributed by atoms with E-state index in [-0.39, 0.29) is 32.6 Å². The van der Waals surface area contributed by atoms with Crippen LogP contribution in [0.4, 0.5) is 0 Å². The maximum Gasteiger partial charge on any atom is 0.472 e. The van der Waals surface area contributed by atoms with E-state index in [1.165, 1.54) is 70.6 Å². The maximum absolute atomic E-state index is 12.7. The molecule has 0 aliphatic rings. The number of phosphoric ester groups is 1. The molecule has 0 saturated heterocycles. The highest BCUT2D eigenvalue weighted by Crippen LogP contribution is 2.43. The first-order chi connectivity index (χ1) is 36.8. The first-order valence-corrected chi connectivity index (χ1v) is 31.2. The molecule has 0 aromatic heterocycles. The lowest BCUT2D eigenvalue weighted by Gasteiger charge is -2.19. The number of ether oxygens (including phenoxy) is 2.